The molecule has 16 heavy (non-hydrogen) atoms. The Morgan fingerprint density at radius 2 is 2.06 bits per heavy atom. The van der Waals surface area contributed by atoms with Crippen LogP contribution in [-0.4, -0.2) is 5.11 Å². The molecule has 1 N–H and O–H groups in total. The first-order valence-corrected chi connectivity index (χ1v) is 6.81. The van der Waals surface area contributed by atoms with Gasteiger partial charge >= 0.3 is 0 Å². The quantitative estimate of drug-likeness (QED) is 0.861. The van der Waals surface area contributed by atoms with Gasteiger partial charge in [0, 0.05) is 19.9 Å². The van der Waals surface area contributed by atoms with E-state index in [1.54, 1.807) is 17.4 Å². The van der Waals surface area contributed by atoms with Crippen LogP contribution in [0.1, 0.15) is 22.1 Å². The van der Waals surface area contributed by atoms with Crippen LogP contribution in [0.3, 0.4) is 0 Å². The summed E-state index contributed by atoms with van der Waals surface area (Å²) in [6, 6.07) is 7.43. The predicted octanol–water partition coefficient (Wildman–Crippen LogP) is 4.55. The van der Waals surface area contributed by atoms with E-state index >= 15 is 0 Å². The number of aliphatic hydroxyl groups excluding tert-OH is 1. The van der Waals surface area contributed by atoms with E-state index in [4.69, 9.17) is 11.6 Å². The van der Waals surface area contributed by atoms with Crippen molar-refractivity contribution in [3.8, 4) is 0 Å². The number of hydrogen-bond acceptors (Lipinski definition) is 2. The Kier molecular flexibility index (Phi) is 3.70. The Balaban J connectivity index is 2.45. The molecule has 2 rings (SSSR count). The Morgan fingerprint density at radius 1 is 1.31 bits per heavy atom. The summed E-state index contributed by atoms with van der Waals surface area (Å²) in [6.45, 7) is 2.00. The lowest BCUT2D eigenvalue weighted by atomic mass is 10.0. The molecule has 0 amide bonds. The highest BCUT2D eigenvalue weighted by Crippen LogP contribution is 2.33. The first kappa shape index (κ1) is 12.1. The molecule has 0 saturated carbocycles. The Labute approximate surface area is 112 Å². The molecule has 0 bridgehead atoms. The Morgan fingerprint density at radius 3 is 2.69 bits per heavy atom. The van der Waals surface area contributed by atoms with E-state index in [2.05, 4.69) is 15.9 Å². The van der Waals surface area contributed by atoms with Gasteiger partial charge in [-0.05, 0) is 42.1 Å². The molecule has 0 aliphatic carbocycles. The lowest BCUT2D eigenvalue weighted by molar-refractivity contribution is 0.220. The van der Waals surface area contributed by atoms with E-state index in [1.807, 2.05) is 30.5 Å². The zero-order chi connectivity index (χ0) is 11.7. The third-order valence-electron chi connectivity index (χ3n) is 2.45. The number of thiophene rings is 1. The van der Waals surface area contributed by atoms with Crippen LogP contribution < -0.4 is 0 Å². The average Bonchev–Trinajstić information content (AvgIpc) is 2.67. The van der Waals surface area contributed by atoms with Crippen molar-refractivity contribution in [2.75, 3.05) is 0 Å². The molecule has 0 radical (unpaired) electrons. The molecule has 0 aliphatic heterocycles. The molecule has 84 valence electrons. The SMILES string of the molecule is Cc1sccc1C(O)c1cc(Br)ccc1Cl. The van der Waals surface area contributed by atoms with Crippen molar-refractivity contribution in [3.05, 3.63) is 55.1 Å². The molecule has 1 aromatic heterocycles. The van der Waals surface area contributed by atoms with E-state index < -0.39 is 6.10 Å². The van der Waals surface area contributed by atoms with E-state index in [0.717, 1.165) is 20.5 Å². The highest BCUT2D eigenvalue weighted by molar-refractivity contribution is 9.10. The number of aryl methyl sites for hydroxylation is 1. The molecule has 0 fully saturated rings. The third-order valence-corrected chi connectivity index (χ3v) is 4.15. The van der Waals surface area contributed by atoms with Gasteiger partial charge < -0.3 is 5.11 Å². The lowest BCUT2D eigenvalue weighted by Gasteiger charge is -2.13. The standard InChI is InChI=1S/C12H10BrClOS/c1-7-9(4-5-16-7)12(15)10-6-8(13)2-3-11(10)14/h2-6,12,15H,1H3. The van der Waals surface area contributed by atoms with Gasteiger partial charge in [0.1, 0.15) is 6.10 Å². The predicted molar refractivity (Wildman–Crippen MR) is 72.3 cm³/mol. The van der Waals surface area contributed by atoms with Gasteiger partial charge in [-0.25, -0.2) is 0 Å². The van der Waals surface area contributed by atoms with E-state index in [1.165, 1.54) is 0 Å². The highest BCUT2D eigenvalue weighted by Gasteiger charge is 2.16. The smallest absolute Gasteiger partial charge is 0.107 e. The molecule has 2 aromatic rings. The van der Waals surface area contributed by atoms with Gasteiger partial charge in [-0.3, -0.25) is 0 Å². The van der Waals surface area contributed by atoms with E-state index in [-0.39, 0.29) is 0 Å². The molecule has 4 heteroatoms. The fourth-order valence-electron chi connectivity index (χ4n) is 1.57. The first-order valence-electron chi connectivity index (χ1n) is 4.76. The van der Waals surface area contributed by atoms with Crippen LogP contribution in [0.5, 0.6) is 0 Å². The number of aliphatic hydroxyl groups is 1. The van der Waals surface area contributed by atoms with E-state index in [9.17, 15) is 5.11 Å². The van der Waals surface area contributed by atoms with Crippen molar-refractivity contribution >= 4 is 38.9 Å². The summed E-state index contributed by atoms with van der Waals surface area (Å²) in [5, 5.41) is 12.8. The van der Waals surface area contributed by atoms with Gasteiger partial charge in [0.15, 0.2) is 0 Å². The maximum absolute atomic E-state index is 10.3. The normalized spacial score (nSPS) is 12.8. The first-order chi connectivity index (χ1) is 7.59. The molecule has 1 nitrogen and oxygen atoms in total. The van der Waals surface area contributed by atoms with Gasteiger partial charge in [0.25, 0.3) is 0 Å². The second-order valence-corrected chi connectivity index (χ2v) is 5.94. The van der Waals surface area contributed by atoms with Gasteiger partial charge in [0.2, 0.25) is 0 Å². The lowest BCUT2D eigenvalue weighted by Crippen LogP contribution is -2.00. The minimum absolute atomic E-state index is 0.585. The molecule has 1 heterocycles. The van der Waals surface area contributed by atoms with Crippen molar-refractivity contribution in [1.82, 2.24) is 0 Å². The molecule has 1 aromatic carbocycles. The summed E-state index contributed by atoms with van der Waals surface area (Å²) < 4.78 is 0.916. The summed E-state index contributed by atoms with van der Waals surface area (Å²) in [5.41, 5.74) is 1.66. The molecule has 0 aliphatic rings. The Hall–Kier alpha value is -0.350. The molecule has 0 saturated heterocycles. The second kappa shape index (κ2) is 4.88. The molecular formula is C12H10BrClOS. The zero-order valence-electron chi connectivity index (χ0n) is 8.58. The van der Waals surface area contributed by atoms with E-state index in [0.29, 0.717) is 5.02 Å². The summed E-state index contributed by atoms with van der Waals surface area (Å²) in [5.74, 6) is 0. The van der Waals surface area contributed by atoms with Crippen LogP contribution in [0.4, 0.5) is 0 Å². The monoisotopic (exact) mass is 316 g/mol. The van der Waals surface area contributed by atoms with Crippen molar-refractivity contribution < 1.29 is 5.11 Å². The van der Waals surface area contributed by atoms with Gasteiger partial charge in [-0.15, -0.1) is 11.3 Å². The fraction of sp³-hybridized carbons (Fsp3) is 0.167. The van der Waals surface area contributed by atoms with Crippen LogP contribution in [0, 0.1) is 6.92 Å². The summed E-state index contributed by atoms with van der Waals surface area (Å²) in [6.07, 6.45) is -0.656. The summed E-state index contributed by atoms with van der Waals surface area (Å²) in [4.78, 5) is 1.11. The third kappa shape index (κ3) is 2.33. The number of halogens is 2. The molecule has 0 spiro atoms. The maximum Gasteiger partial charge on any atom is 0.107 e. The maximum atomic E-state index is 10.3. The van der Waals surface area contributed by atoms with Crippen LogP contribution in [-0.2, 0) is 0 Å². The molecular weight excluding hydrogens is 308 g/mol. The molecule has 1 unspecified atom stereocenters. The van der Waals surface area contributed by atoms with Crippen molar-refractivity contribution in [3.63, 3.8) is 0 Å². The number of rotatable bonds is 2. The summed E-state index contributed by atoms with van der Waals surface area (Å²) in [7, 11) is 0. The minimum Gasteiger partial charge on any atom is -0.384 e. The van der Waals surface area contributed by atoms with Crippen LogP contribution in [0.2, 0.25) is 5.02 Å². The van der Waals surface area contributed by atoms with Gasteiger partial charge in [0.05, 0.1) is 0 Å². The van der Waals surface area contributed by atoms with Gasteiger partial charge in [-0.1, -0.05) is 27.5 Å². The average molecular weight is 318 g/mol. The van der Waals surface area contributed by atoms with Crippen molar-refractivity contribution in [1.29, 1.82) is 0 Å². The van der Waals surface area contributed by atoms with Crippen LogP contribution in [0.25, 0.3) is 0 Å². The zero-order valence-corrected chi connectivity index (χ0v) is 11.7. The summed E-state index contributed by atoms with van der Waals surface area (Å²) >= 11 is 11.1. The Bertz CT molecular complexity index is 509. The largest absolute Gasteiger partial charge is 0.384 e. The topological polar surface area (TPSA) is 20.2 Å². The van der Waals surface area contributed by atoms with Crippen molar-refractivity contribution in [2.45, 2.75) is 13.0 Å². The van der Waals surface area contributed by atoms with Crippen LogP contribution in [0.15, 0.2) is 34.1 Å². The minimum atomic E-state index is -0.656. The number of benzene rings is 1. The second-order valence-electron chi connectivity index (χ2n) is 3.50. The van der Waals surface area contributed by atoms with Crippen LogP contribution >= 0.6 is 38.9 Å². The fourth-order valence-corrected chi connectivity index (χ4v) is 2.90. The highest BCUT2D eigenvalue weighted by atomic mass is 79.9. The van der Waals surface area contributed by atoms with Crippen molar-refractivity contribution in [2.24, 2.45) is 0 Å². The molecule has 1 atom stereocenters. The van der Waals surface area contributed by atoms with Gasteiger partial charge in [-0.2, -0.15) is 0 Å². The number of hydrogen-bond donors (Lipinski definition) is 1.